The first-order chi connectivity index (χ1) is 12.9. The van der Waals surface area contributed by atoms with Gasteiger partial charge in [0, 0.05) is 31.3 Å². The van der Waals surface area contributed by atoms with Crippen molar-refractivity contribution in [1.29, 1.82) is 0 Å². The highest BCUT2D eigenvalue weighted by Gasteiger charge is 2.28. The number of carbonyl (C=O) groups is 2. The van der Waals surface area contributed by atoms with Gasteiger partial charge in [-0.2, -0.15) is 0 Å². The van der Waals surface area contributed by atoms with Crippen LogP contribution in [0.1, 0.15) is 34.5 Å². The smallest absolute Gasteiger partial charge is 0.270 e. The molecule has 0 saturated heterocycles. The van der Waals surface area contributed by atoms with Crippen molar-refractivity contribution >= 4 is 17.5 Å². The number of benzene rings is 2. The van der Waals surface area contributed by atoms with E-state index in [0.29, 0.717) is 6.54 Å². The fourth-order valence-electron chi connectivity index (χ4n) is 3.45. The minimum absolute atomic E-state index is 0.0521. The van der Waals surface area contributed by atoms with Crippen molar-refractivity contribution in [2.45, 2.75) is 19.4 Å². The maximum Gasteiger partial charge on any atom is 0.270 e. The van der Waals surface area contributed by atoms with Crippen molar-refractivity contribution in [3.05, 3.63) is 75.3 Å². The molecule has 2 aromatic carbocycles. The van der Waals surface area contributed by atoms with Gasteiger partial charge in [0.1, 0.15) is 0 Å². The fourth-order valence-corrected chi connectivity index (χ4v) is 3.45. The molecule has 1 aliphatic heterocycles. The van der Waals surface area contributed by atoms with E-state index in [-0.39, 0.29) is 29.7 Å². The Morgan fingerprint density at radius 3 is 2.70 bits per heavy atom. The second kappa shape index (κ2) is 7.57. The van der Waals surface area contributed by atoms with Gasteiger partial charge in [-0.15, -0.1) is 0 Å². The Morgan fingerprint density at radius 1 is 1.22 bits per heavy atom. The second-order valence-electron chi connectivity index (χ2n) is 6.68. The highest BCUT2D eigenvalue weighted by Crippen LogP contribution is 2.29. The molecule has 7 heteroatoms. The lowest BCUT2D eigenvalue weighted by atomic mass is 9.93. The molecule has 7 nitrogen and oxygen atoms in total. The molecule has 0 spiro atoms. The molecule has 1 atom stereocenters. The molecule has 1 aliphatic rings. The van der Waals surface area contributed by atoms with Gasteiger partial charge in [0.15, 0.2) is 0 Å². The number of carbonyl (C=O) groups excluding carboxylic acids is 2. The van der Waals surface area contributed by atoms with Crippen LogP contribution in [-0.4, -0.2) is 46.7 Å². The Balaban J connectivity index is 1.70. The molecule has 1 heterocycles. The van der Waals surface area contributed by atoms with Crippen LogP contribution in [0, 0.1) is 10.1 Å². The zero-order valence-corrected chi connectivity index (χ0v) is 15.3. The summed E-state index contributed by atoms with van der Waals surface area (Å²) in [5.41, 5.74) is 2.42. The van der Waals surface area contributed by atoms with Crippen molar-refractivity contribution in [2.75, 3.05) is 20.1 Å². The summed E-state index contributed by atoms with van der Waals surface area (Å²) in [5.74, 6) is -0.560. The number of non-ortho nitro benzene ring substituents is 1. The molecule has 0 fully saturated rings. The summed E-state index contributed by atoms with van der Waals surface area (Å²) in [6, 6.07) is 13.5. The maximum atomic E-state index is 12.8. The monoisotopic (exact) mass is 367 g/mol. The highest BCUT2D eigenvalue weighted by atomic mass is 16.6. The maximum absolute atomic E-state index is 12.8. The standard InChI is InChI=1S/C20H21N3O4/c1-14-18-9-4-3-6-15(18)10-11-22(14)19(24)13-21(2)20(25)16-7-5-8-17(12-16)23(26)27/h3-9,12,14H,10-11,13H2,1-2H3. The molecular formula is C20H21N3O4. The molecule has 0 N–H and O–H groups in total. The summed E-state index contributed by atoms with van der Waals surface area (Å²) in [6.07, 6.45) is 0.787. The first-order valence-electron chi connectivity index (χ1n) is 8.75. The Morgan fingerprint density at radius 2 is 1.96 bits per heavy atom. The number of nitro benzene ring substituents is 1. The zero-order valence-electron chi connectivity index (χ0n) is 15.3. The summed E-state index contributed by atoms with van der Waals surface area (Å²) in [5, 5.41) is 10.9. The highest BCUT2D eigenvalue weighted by molar-refractivity contribution is 5.96. The van der Waals surface area contributed by atoms with E-state index in [4.69, 9.17) is 0 Å². The lowest BCUT2D eigenvalue weighted by molar-refractivity contribution is -0.384. The van der Waals surface area contributed by atoms with E-state index in [2.05, 4.69) is 6.07 Å². The summed E-state index contributed by atoms with van der Waals surface area (Å²) >= 11 is 0. The van der Waals surface area contributed by atoms with E-state index in [9.17, 15) is 19.7 Å². The van der Waals surface area contributed by atoms with Crippen LogP contribution in [0.15, 0.2) is 48.5 Å². The van der Waals surface area contributed by atoms with Crippen LogP contribution < -0.4 is 0 Å². The predicted octanol–water partition coefficient (Wildman–Crippen LogP) is 2.81. The van der Waals surface area contributed by atoms with Crippen LogP contribution in [0.2, 0.25) is 0 Å². The minimum atomic E-state index is -0.547. The zero-order chi connectivity index (χ0) is 19.6. The Kier molecular flexibility index (Phi) is 5.21. The van der Waals surface area contributed by atoms with Crippen molar-refractivity contribution in [2.24, 2.45) is 0 Å². The second-order valence-corrected chi connectivity index (χ2v) is 6.68. The van der Waals surface area contributed by atoms with Crippen molar-refractivity contribution in [3.8, 4) is 0 Å². The third kappa shape index (κ3) is 3.81. The molecule has 0 bridgehead atoms. The topological polar surface area (TPSA) is 83.8 Å². The number of rotatable bonds is 4. The third-order valence-electron chi connectivity index (χ3n) is 4.94. The number of nitro groups is 1. The normalized spacial score (nSPS) is 15.8. The van der Waals surface area contributed by atoms with Gasteiger partial charge < -0.3 is 9.80 Å². The molecule has 27 heavy (non-hydrogen) atoms. The van der Waals surface area contributed by atoms with Crippen LogP contribution in [0.25, 0.3) is 0 Å². The summed E-state index contributed by atoms with van der Waals surface area (Å²) in [4.78, 5) is 38.7. The summed E-state index contributed by atoms with van der Waals surface area (Å²) < 4.78 is 0. The molecule has 140 valence electrons. The number of nitrogens with zero attached hydrogens (tertiary/aromatic N) is 3. The molecule has 0 aromatic heterocycles. The van der Waals surface area contributed by atoms with Crippen LogP contribution >= 0.6 is 0 Å². The molecule has 2 amide bonds. The Bertz CT molecular complexity index is 896. The SMILES string of the molecule is CC1c2ccccc2CCN1C(=O)CN(C)C(=O)c1cccc([N+](=O)[O-])c1. The number of amides is 2. The van der Waals surface area contributed by atoms with Gasteiger partial charge in [-0.25, -0.2) is 0 Å². The number of hydrogen-bond acceptors (Lipinski definition) is 4. The first kappa shape index (κ1) is 18.6. The lowest BCUT2D eigenvalue weighted by Gasteiger charge is -2.36. The number of likely N-dealkylation sites (N-methyl/N-ethyl adjacent to an activating group) is 1. The molecule has 3 rings (SSSR count). The lowest BCUT2D eigenvalue weighted by Crippen LogP contribution is -2.45. The van der Waals surface area contributed by atoms with Gasteiger partial charge in [0.2, 0.25) is 5.91 Å². The third-order valence-corrected chi connectivity index (χ3v) is 4.94. The quantitative estimate of drug-likeness (QED) is 0.614. The molecule has 0 saturated carbocycles. The van der Waals surface area contributed by atoms with E-state index >= 15 is 0 Å². The molecular weight excluding hydrogens is 346 g/mol. The number of fused-ring (bicyclic) bond motifs is 1. The summed E-state index contributed by atoms with van der Waals surface area (Å²) in [6.45, 7) is 2.52. The van der Waals surface area contributed by atoms with E-state index in [1.807, 2.05) is 25.1 Å². The van der Waals surface area contributed by atoms with E-state index < -0.39 is 10.8 Å². The molecule has 0 aliphatic carbocycles. The van der Waals surface area contributed by atoms with Gasteiger partial charge >= 0.3 is 0 Å². The van der Waals surface area contributed by atoms with Crippen LogP contribution in [0.5, 0.6) is 0 Å². The molecule has 0 radical (unpaired) electrons. The van der Waals surface area contributed by atoms with Crippen LogP contribution in [0.4, 0.5) is 5.69 Å². The van der Waals surface area contributed by atoms with E-state index in [0.717, 1.165) is 12.0 Å². The van der Waals surface area contributed by atoms with Gasteiger partial charge in [0.05, 0.1) is 17.5 Å². The Hall–Kier alpha value is -3.22. The van der Waals surface area contributed by atoms with Gasteiger partial charge in [-0.05, 0) is 30.5 Å². The van der Waals surface area contributed by atoms with Gasteiger partial charge in [-0.1, -0.05) is 30.3 Å². The van der Waals surface area contributed by atoms with Crippen molar-refractivity contribution < 1.29 is 14.5 Å². The van der Waals surface area contributed by atoms with Crippen molar-refractivity contribution in [1.82, 2.24) is 9.80 Å². The van der Waals surface area contributed by atoms with E-state index in [1.54, 1.807) is 4.90 Å². The van der Waals surface area contributed by atoms with E-state index in [1.165, 1.54) is 41.8 Å². The first-order valence-corrected chi connectivity index (χ1v) is 8.75. The van der Waals surface area contributed by atoms with Crippen LogP contribution in [0.3, 0.4) is 0 Å². The molecule has 1 unspecified atom stereocenters. The molecule has 2 aromatic rings. The van der Waals surface area contributed by atoms with Gasteiger partial charge in [0.25, 0.3) is 11.6 Å². The average molecular weight is 367 g/mol. The van der Waals surface area contributed by atoms with Gasteiger partial charge in [-0.3, -0.25) is 19.7 Å². The predicted molar refractivity (Wildman–Crippen MR) is 100 cm³/mol. The minimum Gasteiger partial charge on any atom is -0.334 e. The largest absolute Gasteiger partial charge is 0.334 e. The van der Waals surface area contributed by atoms with Crippen molar-refractivity contribution in [3.63, 3.8) is 0 Å². The summed E-state index contributed by atoms with van der Waals surface area (Å²) in [7, 11) is 1.53. The Labute approximate surface area is 157 Å². The number of hydrogen-bond donors (Lipinski definition) is 0. The van der Waals surface area contributed by atoms with Crippen LogP contribution in [-0.2, 0) is 11.2 Å². The fraction of sp³-hybridized carbons (Fsp3) is 0.300. The average Bonchev–Trinajstić information content (AvgIpc) is 2.67.